The van der Waals surface area contributed by atoms with E-state index in [1.165, 1.54) is 18.2 Å². The lowest BCUT2D eigenvalue weighted by molar-refractivity contribution is -0.198. The Labute approximate surface area is 260 Å². The summed E-state index contributed by atoms with van der Waals surface area (Å²) in [6.45, 7) is 7.41. The summed E-state index contributed by atoms with van der Waals surface area (Å²) in [5, 5.41) is 0. The smallest absolute Gasteiger partial charge is 0.418 e. The highest BCUT2D eigenvalue weighted by molar-refractivity contribution is 6.29. The summed E-state index contributed by atoms with van der Waals surface area (Å²) in [6.07, 6.45) is 6.71. The fourth-order valence-corrected chi connectivity index (χ4v) is 8.63. The van der Waals surface area contributed by atoms with Crippen LogP contribution in [-0.4, -0.2) is 30.8 Å². The second-order valence-electron chi connectivity index (χ2n) is 12.9. The molecule has 0 radical (unpaired) electrons. The first-order chi connectivity index (χ1) is 21.4. The third-order valence-corrected chi connectivity index (χ3v) is 10.4. The monoisotopic (exact) mass is 594 g/mol. The molecule has 0 saturated heterocycles. The molecule has 0 aromatic heterocycles. The largest absolute Gasteiger partial charge is 0.489 e. The molecule has 6 rings (SSSR count). The van der Waals surface area contributed by atoms with Gasteiger partial charge in [0.25, 0.3) is 0 Å². The number of rotatable bonds is 9. The van der Waals surface area contributed by atoms with Gasteiger partial charge in [-0.2, -0.15) is 0 Å². The zero-order valence-corrected chi connectivity index (χ0v) is 25.7. The molecule has 44 heavy (non-hydrogen) atoms. The number of fused-ring (bicyclic) bond motifs is 5. The van der Waals surface area contributed by atoms with E-state index < -0.39 is 17.5 Å². The van der Waals surface area contributed by atoms with Crippen LogP contribution in [-0.2, 0) is 43.4 Å². The van der Waals surface area contributed by atoms with Crippen LogP contribution in [0.15, 0.2) is 91.5 Å². The van der Waals surface area contributed by atoms with Gasteiger partial charge in [-0.3, -0.25) is 0 Å². The Kier molecular flexibility index (Phi) is 8.64. The average Bonchev–Trinajstić information content (AvgIpc) is 3.38. The Morgan fingerprint density at radius 1 is 0.909 bits per heavy atom. The van der Waals surface area contributed by atoms with E-state index in [9.17, 15) is 9.59 Å². The molecule has 6 heteroatoms. The van der Waals surface area contributed by atoms with Crippen molar-refractivity contribution in [2.45, 2.75) is 76.3 Å². The number of hydrogen-bond donors (Lipinski definition) is 0. The van der Waals surface area contributed by atoms with Crippen molar-refractivity contribution in [2.24, 2.45) is 17.3 Å². The van der Waals surface area contributed by atoms with Crippen LogP contribution in [0.5, 0.6) is 5.75 Å². The number of hydrogen-bond acceptors (Lipinski definition) is 6. The maximum absolute atomic E-state index is 13.2. The van der Waals surface area contributed by atoms with E-state index in [2.05, 4.69) is 49.9 Å². The lowest BCUT2D eigenvalue weighted by Gasteiger charge is -2.58. The first kappa shape index (κ1) is 30.1. The molecule has 0 heterocycles. The Bertz CT molecular complexity index is 1490. The maximum Gasteiger partial charge on any atom is 0.418 e. The highest BCUT2D eigenvalue weighted by Crippen LogP contribution is 2.66. The molecule has 3 aliphatic carbocycles. The molecule has 0 amide bonds. The maximum atomic E-state index is 13.2. The lowest BCUT2D eigenvalue weighted by Crippen LogP contribution is -2.59. The minimum absolute atomic E-state index is 0.00448. The first-order valence-corrected chi connectivity index (χ1v) is 15.7. The van der Waals surface area contributed by atoms with Crippen molar-refractivity contribution in [3.05, 3.63) is 114 Å². The van der Waals surface area contributed by atoms with Crippen LogP contribution in [0.25, 0.3) is 0 Å². The average molecular weight is 595 g/mol. The van der Waals surface area contributed by atoms with E-state index in [1.54, 1.807) is 0 Å². The second-order valence-corrected chi connectivity index (χ2v) is 12.9. The standard InChI is InChI=1S/C38H42O6/c1-4-21-38(44-36(40)35(39)41-3)25-37(2)32(19-20-33(37)43-24-27-13-9-6-10-14-27)31-17-15-28-22-29(16-18-30(28)34(31)38)42-23-26-11-7-5-8-12-26/h4-14,16,18,22,31-34H,1,15,17,19-21,23-25H2,2-3H3/t31-,32-,33-,34+,37-,38-/m0/s1. The molecule has 0 N–H and O–H groups in total. The summed E-state index contributed by atoms with van der Waals surface area (Å²) in [5.74, 6) is -0.556. The number of methoxy groups -OCH3 is 1. The molecule has 3 aromatic rings. The molecule has 0 aliphatic heterocycles. The molecular weight excluding hydrogens is 552 g/mol. The normalized spacial score (nSPS) is 28.6. The van der Waals surface area contributed by atoms with Crippen molar-refractivity contribution >= 4 is 11.9 Å². The van der Waals surface area contributed by atoms with Crippen LogP contribution in [0.3, 0.4) is 0 Å². The van der Waals surface area contributed by atoms with Gasteiger partial charge in [0.1, 0.15) is 18.0 Å². The van der Waals surface area contributed by atoms with E-state index in [0.29, 0.717) is 32.0 Å². The predicted molar refractivity (Wildman–Crippen MR) is 168 cm³/mol. The molecule has 0 bridgehead atoms. The van der Waals surface area contributed by atoms with Crippen LogP contribution >= 0.6 is 0 Å². The van der Waals surface area contributed by atoms with Gasteiger partial charge < -0.3 is 18.9 Å². The van der Waals surface area contributed by atoms with Crippen LogP contribution in [0.2, 0.25) is 0 Å². The fraction of sp³-hybridized carbons (Fsp3) is 0.421. The summed E-state index contributed by atoms with van der Waals surface area (Å²) in [7, 11) is 1.21. The highest BCUT2D eigenvalue weighted by Gasteiger charge is 2.64. The summed E-state index contributed by atoms with van der Waals surface area (Å²) < 4.78 is 24.0. The Morgan fingerprint density at radius 3 is 2.30 bits per heavy atom. The second kappa shape index (κ2) is 12.6. The van der Waals surface area contributed by atoms with Crippen LogP contribution in [0.1, 0.15) is 67.2 Å². The molecule has 3 aromatic carbocycles. The van der Waals surface area contributed by atoms with E-state index in [-0.39, 0.29) is 23.4 Å². The number of aryl methyl sites for hydroxylation is 1. The SMILES string of the molecule is C=CC[C@]1(OC(=O)C(=O)OC)C[C@]2(C)[C@@H](OCc3ccccc3)CC[C@H]2[C@@H]2CCc3cc(OCc4ccccc4)ccc3[C@H]21. The summed E-state index contributed by atoms with van der Waals surface area (Å²) in [5.41, 5.74) is 3.41. The van der Waals surface area contributed by atoms with Crippen molar-refractivity contribution in [1.29, 1.82) is 0 Å². The van der Waals surface area contributed by atoms with Crippen molar-refractivity contribution < 1.29 is 28.5 Å². The Morgan fingerprint density at radius 2 is 1.61 bits per heavy atom. The van der Waals surface area contributed by atoms with Gasteiger partial charge in [0.05, 0.1) is 19.8 Å². The van der Waals surface area contributed by atoms with Gasteiger partial charge in [-0.25, -0.2) is 9.59 Å². The van der Waals surface area contributed by atoms with Crippen LogP contribution in [0.4, 0.5) is 0 Å². The number of carbonyl (C=O) groups is 2. The van der Waals surface area contributed by atoms with Gasteiger partial charge in [0, 0.05) is 17.8 Å². The summed E-state index contributed by atoms with van der Waals surface area (Å²) in [4.78, 5) is 25.6. The molecule has 3 aliphatic rings. The fourth-order valence-electron chi connectivity index (χ4n) is 8.63. The number of esters is 2. The minimum atomic E-state index is -0.985. The topological polar surface area (TPSA) is 71.1 Å². The van der Waals surface area contributed by atoms with Gasteiger partial charge in [-0.15, -0.1) is 6.58 Å². The molecule has 0 spiro atoms. The number of benzene rings is 3. The van der Waals surface area contributed by atoms with E-state index in [4.69, 9.17) is 18.9 Å². The molecule has 2 fully saturated rings. The first-order valence-electron chi connectivity index (χ1n) is 15.7. The van der Waals surface area contributed by atoms with Gasteiger partial charge in [-0.1, -0.05) is 79.7 Å². The van der Waals surface area contributed by atoms with Crippen molar-refractivity contribution in [2.75, 3.05) is 7.11 Å². The van der Waals surface area contributed by atoms with E-state index >= 15 is 0 Å². The molecule has 0 unspecified atom stereocenters. The quantitative estimate of drug-likeness (QED) is 0.147. The molecular formula is C38H42O6. The predicted octanol–water partition coefficient (Wildman–Crippen LogP) is 7.35. The summed E-state index contributed by atoms with van der Waals surface area (Å²) in [6, 6.07) is 26.7. The highest BCUT2D eigenvalue weighted by atomic mass is 16.6. The number of ether oxygens (including phenoxy) is 4. The van der Waals surface area contributed by atoms with Crippen LogP contribution < -0.4 is 4.74 Å². The van der Waals surface area contributed by atoms with E-state index in [1.807, 2.05) is 48.5 Å². The van der Waals surface area contributed by atoms with E-state index in [0.717, 1.165) is 42.6 Å². The number of carbonyl (C=O) groups excluding carboxylic acids is 2. The molecule has 6 atom stereocenters. The molecule has 230 valence electrons. The van der Waals surface area contributed by atoms with Gasteiger partial charge in [-0.05, 0) is 78.3 Å². The van der Waals surface area contributed by atoms with Gasteiger partial charge >= 0.3 is 11.9 Å². The van der Waals surface area contributed by atoms with Gasteiger partial charge in [0.2, 0.25) is 0 Å². The zero-order valence-electron chi connectivity index (χ0n) is 25.7. The van der Waals surface area contributed by atoms with Gasteiger partial charge in [0.15, 0.2) is 0 Å². The lowest BCUT2D eigenvalue weighted by atomic mass is 9.49. The molecule has 2 saturated carbocycles. The Balaban J connectivity index is 1.35. The summed E-state index contributed by atoms with van der Waals surface area (Å²) >= 11 is 0. The van der Waals surface area contributed by atoms with Crippen molar-refractivity contribution in [3.63, 3.8) is 0 Å². The third kappa shape index (κ3) is 5.68. The Hall–Kier alpha value is -3.90. The van der Waals surface area contributed by atoms with Crippen LogP contribution in [0, 0.1) is 17.3 Å². The zero-order chi connectivity index (χ0) is 30.7. The van der Waals surface area contributed by atoms with Crippen molar-refractivity contribution in [1.82, 2.24) is 0 Å². The van der Waals surface area contributed by atoms with Crippen molar-refractivity contribution in [3.8, 4) is 5.75 Å². The molecule has 6 nitrogen and oxygen atoms in total. The third-order valence-electron chi connectivity index (χ3n) is 10.4. The minimum Gasteiger partial charge on any atom is -0.489 e.